The third kappa shape index (κ3) is 4.17. The Morgan fingerprint density at radius 3 is 2.71 bits per heavy atom. The van der Waals surface area contributed by atoms with E-state index >= 15 is 0 Å². The van der Waals surface area contributed by atoms with Gasteiger partial charge in [0.25, 0.3) is 0 Å². The monoisotopic (exact) mass is 250 g/mol. The van der Waals surface area contributed by atoms with E-state index in [1.165, 1.54) is 0 Å². The Hall–Kier alpha value is -1.99. The molecule has 0 heterocycles. The molecule has 4 nitrogen and oxygen atoms in total. The van der Waals surface area contributed by atoms with E-state index in [2.05, 4.69) is 21.2 Å². The first kappa shape index (κ1) is 13.1. The number of carbonyl (C=O) groups is 1. The van der Waals surface area contributed by atoms with Gasteiger partial charge < -0.3 is 4.74 Å². The number of nitrogens with zero attached hydrogens (tertiary/aromatic N) is 1. The zero-order valence-electron chi connectivity index (χ0n) is 9.24. The summed E-state index contributed by atoms with van der Waals surface area (Å²) in [6.45, 7) is 1.94. The van der Waals surface area contributed by atoms with Crippen LogP contribution >= 0.6 is 11.6 Å². The van der Waals surface area contributed by atoms with Gasteiger partial charge in [-0.15, -0.1) is 6.42 Å². The molecule has 0 aliphatic carbocycles. The minimum Gasteiger partial charge on any atom is -0.461 e. The van der Waals surface area contributed by atoms with Crippen LogP contribution in [0.25, 0.3) is 0 Å². The van der Waals surface area contributed by atoms with Crippen LogP contribution in [-0.4, -0.2) is 17.7 Å². The third-order valence-corrected chi connectivity index (χ3v) is 2.02. The molecule has 0 bridgehead atoms. The molecule has 0 saturated heterocycles. The zero-order chi connectivity index (χ0) is 12.7. The number of terminal acetylenes is 1. The van der Waals surface area contributed by atoms with Crippen molar-refractivity contribution in [1.82, 2.24) is 0 Å². The molecule has 1 N–H and O–H groups in total. The molecular weight excluding hydrogens is 240 g/mol. The predicted molar refractivity (Wildman–Crippen MR) is 67.9 cm³/mol. The van der Waals surface area contributed by atoms with Crippen LogP contribution in [0.5, 0.6) is 0 Å². The molecule has 0 aromatic heterocycles. The van der Waals surface area contributed by atoms with Crippen LogP contribution in [0.4, 0.5) is 5.69 Å². The quantitative estimate of drug-likeness (QED) is 0.386. The maximum atomic E-state index is 11.1. The number of rotatable bonds is 4. The van der Waals surface area contributed by atoms with Gasteiger partial charge >= 0.3 is 5.97 Å². The Morgan fingerprint density at radius 1 is 1.53 bits per heavy atom. The van der Waals surface area contributed by atoms with Gasteiger partial charge in [-0.25, -0.2) is 4.79 Å². The number of carbonyl (C=O) groups excluding carboxylic acids is 1. The van der Waals surface area contributed by atoms with Crippen molar-refractivity contribution in [2.45, 2.75) is 6.92 Å². The van der Waals surface area contributed by atoms with Crippen LogP contribution in [0.3, 0.4) is 0 Å². The summed E-state index contributed by atoms with van der Waals surface area (Å²) in [5.41, 5.74) is 4.05. The minimum atomic E-state index is -0.665. The molecule has 1 aromatic rings. The van der Waals surface area contributed by atoms with Gasteiger partial charge in [-0.2, -0.15) is 5.10 Å². The molecule has 0 saturated carbocycles. The van der Waals surface area contributed by atoms with Crippen molar-refractivity contribution in [3.63, 3.8) is 0 Å². The summed E-state index contributed by atoms with van der Waals surface area (Å²) in [6, 6.07) is 6.95. The summed E-state index contributed by atoms with van der Waals surface area (Å²) in [5.74, 6) is 1.83. The van der Waals surface area contributed by atoms with E-state index in [1.54, 1.807) is 31.2 Å². The molecule has 0 unspecified atom stereocenters. The number of esters is 1. The Morgan fingerprint density at radius 2 is 2.18 bits per heavy atom. The first-order valence-electron chi connectivity index (χ1n) is 4.90. The summed E-state index contributed by atoms with van der Waals surface area (Å²) in [4.78, 5) is 11.1. The molecule has 17 heavy (non-hydrogen) atoms. The number of benzene rings is 1. The number of hydrogen-bond acceptors (Lipinski definition) is 4. The normalized spacial score (nSPS) is 10.5. The lowest BCUT2D eigenvalue weighted by atomic mass is 10.2. The maximum absolute atomic E-state index is 11.1. The van der Waals surface area contributed by atoms with Crippen LogP contribution < -0.4 is 5.43 Å². The maximum Gasteiger partial charge on any atom is 0.370 e. The van der Waals surface area contributed by atoms with Gasteiger partial charge in [-0.3, -0.25) is 5.43 Å². The second-order valence-electron chi connectivity index (χ2n) is 2.96. The van der Waals surface area contributed by atoms with Crippen molar-refractivity contribution in [1.29, 1.82) is 0 Å². The van der Waals surface area contributed by atoms with Crippen molar-refractivity contribution in [2.75, 3.05) is 12.0 Å². The summed E-state index contributed by atoms with van der Waals surface area (Å²) >= 11 is 5.60. The highest BCUT2D eigenvalue weighted by molar-refractivity contribution is 6.82. The summed E-state index contributed by atoms with van der Waals surface area (Å²) in [5, 5.41) is 3.42. The molecule has 0 fully saturated rings. The number of nitrogens with one attached hydrogen (secondary N) is 1. The largest absolute Gasteiger partial charge is 0.461 e. The third-order valence-electron chi connectivity index (χ3n) is 1.78. The molecule has 0 spiro atoms. The molecule has 1 aromatic carbocycles. The van der Waals surface area contributed by atoms with Crippen molar-refractivity contribution in [3.8, 4) is 12.3 Å². The van der Waals surface area contributed by atoms with Gasteiger partial charge in [0.2, 0.25) is 5.17 Å². The number of ether oxygens (including phenoxy) is 1. The SMILES string of the molecule is C#Cc1ccc(N/N=C(/Cl)C(=O)OCC)cc1. The van der Waals surface area contributed by atoms with E-state index in [4.69, 9.17) is 18.0 Å². The predicted octanol–water partition coefficient (Wildman–Crippen LogP) is 2.20. The Bertz CT molecular complexity index is 460. The van der Waals surface area contributed by atoms with Crippen LogP contribution in [-0.2, 0) is 9.53 Å². The fourth-order valence-corrected chi connectivity index (χ4v) is 1.09. The molecular formula is C12H11ClN2O2. The lowest BCUT2D eigenvalue weighted by molar-refractivity contribution is -0.134. The molecule has 0 amide bonds. The molecule has 0 radical (unpaired) electrons. The van der Waals surface area contributed by atoms with Crippen molar-refractivity contribution in [3.05, 3.63) is 29.8 Å². The molecule has 0 aliphatic heterocycles. The van der Waals surface area contributed by atoms with Gasteiger partial charge in [-0.05, 0) is 31.2 Å². The van der Waals surface area contributed by atoms with Gasteiger partial charge in [0.1, 0.15) is 0 Å². The van der Waals surface area contributed by atoms with Gasteiger partial charge in [0.05, 0.1) is 12.3 Å². The van der Waals surface area contributed by atoms with E-state index in [0.717, 1.165) is 5.56 Å². The van der Waals surface area contributed by atoms with Gasteiger partial charge in [0.15, 0.2) is 0 Å². The van der Waals surface area contributed by atoms with Gasteiger partial charge in [-0.1, -0.05) is 17.5 Å². The smallest absolute Gasteiger partial charge is 0.370 e. The summed E-state index contributed by atoms with van der Waals surface area (Å²) < 4.78 is 4.66. The molecule has 5 heteroatoms. The number of hydrazone groups is 1. The van der Waals surface area contributed by atoms with Crippen LogP contribution in [0.15, 0.2) is 29.4 Å². The second-order valence-corrected chi connectivity index (χ2v) is 3.31. The lowest BCUT2D eigenvalue weighted by Gasteiger charge is -2.02. The fraction of sp³-hybridized carbons (Fsp3) is 0.167. The van der Waals surface area contributed by atoms with E-state index in [-0.39, 0.29) is 11.8 Å². The molecule has 1 rings (SSSR count). The van der Waals surface area contributed by atoms with Gasteiger partial charge in [0, 0.05) is 5.56 Å². The Labute approximate surface area is 105 Å². The average Bonchev–Trinajstić information content (AvgIpc) is 2.36. The zero-order valence-corrected chi connectivity index (χ0v) is 9.99. The van der Waals surface area contributed by atoms with E-state index < -0.39 is 5.97 Å². The first-order valence-corrected chi connectivity index (χ1v) is 5.28. The van der Waals surface area contributed by atoms with Crippen LogP contribution in [0.1, 0.15) is 12.5 Å². The standard InChI is InChI=1S/C12H11ClN2O2/c1-3-9-5-7-10(8-6-9)14-15-11(13)12(16)17-4-2/h1,5-8,14H,4H2,2H3/b15-11+. The second kappa shape index (κ2) is 6.56. The molecule has 88 valence electrons. The van der Waals surface area contributed by atoms with E-state index in [1.807, 2.05) is 0 Å². The lowest BCUT2D eigenvalue weighted by Crippen LogP contribution is -2.13. The minimum absolute atomic E-state index is 0.251. The van der Waals surface area contributed by atoms with Crippen LogP contribution in [0, 0.1) is 12.3 Å². The van der Waals surface area contributed by atoms with E-state index in [9.17, 15) is 4.79 Å². The molecule has 0 aliphatic rings. The average molecular weight is 251 g/mol. The van der Waals surface area contributed by atoms with Crippen molar-refractivity contribution >= 4 is 28.4 Å². The summed E-state index contributed by atoms with van der Waals surface area (Å²) in [6.07, 6.45) is 5.21. The highest BCUT2D eigenvalue weighted by Crippen LogP contribution is 2.08. The number of halogens is 1. The topological polar surface area (TPSA) is 50.7 Å². The highest BCUT2D eigenvalue weighted by atomic mass is 35.5. The number of anilines is 1. The van der Waals surface area contributed by atoms with E-state index in [0.29, 0.717) is 5.69 Å². The highest BCUT2D eigenvalue weighted by Gasteiger charge is 2.08. The first-order chi connectivity index (χ1) is 8.17. The Balaban J connectivity index is 2.63. The van der Waals surface area contributed by atoms with Crippen molar-refractivity contribution in [2.24, 2.45) is 5.10 Å². The fourth-order valence-electron chi connectivity index (χ4n) is 0.991. The summed E-state index contributed by atoms with van der Waals surface area (Å²) in [7, 11) is 0. The van der Waals surface area contributed by atoms with Crippen LogP contribution in [0.2, 0.25) is 0 Å². The number of hydrogen-bond donors (Lipinski definition) is 1. The Kier molecular flexibility index (Phi) is 5.05. The van der Waals surface area contributed by atoms with Crippen molar-refractivity contribution < 1.29 is 9.53 Å². The molecule has 0 atom stereocenters.